The van der Waals surface area contributed by atoms with Gasteiger partial charge in [0, 0.05) is 37.1 Å². The van der Waals surface area contributed by atoms with Gasteiger partial charge in [0.05, 0.1) is 12.3 Å². The highest BCUT2D eigenvalue weighted by Gasteiger charge is 2.58. The number of ether oxygens (including phenoxy) is 1. The molecule has 1 aliphatic carbocycles. The first-order valence-corrected chi connectivity index (χ1v) is 13.6. The summed E-state index contributed by atoms with van der Waals surface area (Å²) in [6.07, 6.45) is 2.01. The van der Waals surface area contributed by atoms with E-state index in [0.29, 0.717) is 35.2 Å². The van der Waals surface area contributed by atoms with Crippen LogP contribution >= 0.6 is 11.6 Å². The van der Waals surface area contributed by atoms with E-state index in [1.807, 2.05) is 0 Å². The maximum atomic E-state index is 13.2. The Morgan fingerprint density at radius 2 is 2.03 bits per heavy atom. The van der Waals surface area contributed by atoms with Crippen LogP contribution in [0.5, 0.6) is 5.88 Å². The number of sulfonamides is 1. The van der Waals surface area contributed by atoms with E-state index in [1.54, 1.807) is 24.3 Å². The third-order valence-electron chi connectivity index (χ3n) is 6.90. The molecule has 1 saturated carbocycles. The Bertz CT molecular complexity index is 1520. The standard InChI is InChI=1S/C24H26ClN5O6S/c1-29-20-16(10-19(23(29)33)21(32)26-11-15-2-4-17(25)5-3-15)12-27-28-22(20)36-14-24(7-8-24)37(34,35)30-9-6-18(31)13-30/h2-5,10,12,18,31H,6-9,11,13-14H2,1H3,(H,26,32). The van der Waals surface area contributed by atoms with Crippen LogP contribution in [0.25, 0.3) is 10.9 Å². The van der Waals surface area contributed by atoms with Crippen LogP contribution in [-0.2, 0) is 23.6 Å². The molecule has 1 unspecified atom stereocenters. The summed E-state index contributed by atoms with van der Waals surface area (Å²) in [5.74, 6) is -0.541. The molecule has 3 heterocycles. The van der Waals surface area contributed by atoms with E-state index in [2.05, 4.69) is 15.5 Å². The molecule has 1 aliphatic heterocycles. The van der Waals surface area contributed by atoms with Crippen molar-refractivity contribution in [1.29, 1.82) is 0 Å². The lowest BCUT2D eigenvalue weighted by atomic mass is 10.1. The highest BCUT2D eigenvalue weighted by Crippen LogP contribution is 2.46. The maximum absolute atomic E-state index is 13.2. The first kappa shape index (κ1) is 25.6. The predicted octanol–water partition coefficient (Wildman–Crippen LogP) is 1.22. The molecule has 37 heavy (non-hydrogen) atoms. The van der Waals surface area contributed by atoms with Gasteiger partial charge in [-0.05, 0) is 43.0 Å². The molecule has 196 valence electrons. The topological polar surface area (TPSA) is 144 Å². The summed E-state index contributed by atoms with van der Waals surface area (Å²) in [5, 5.41) is 21.5. The Morgan fingerprint density at radius 1 is 1.30 bits per heavy atom. The second-order valence-electron chi connectivity index (χ2n) is 9.46. The Kier molecular flexibility index (Phi) is 6.69. The number of hydrogen-bond acceptors (Lipinski definition) is 8. The van der Waals surface area contributed by atoms with Gasteiger partial charge in [0.15, 0.2) is 0 Å². The van der Waals surface area contributed by atoms with Gasteiger partial charge < -0.3 is 19.7 Å². The number of pyridine rings is 1. The minimum atomic E-state index is -3.68. The van der Waals surface area contributed by atoms with Crippen molar-refractivity contribution in [2.75, 3.05) is 19.7 Å². The number of nitrogens with zero attached hydrogens (tertiary/aromatic N) is 4. The molecule has 1 saturated heterocycles. The number of fused-ring (bicyclic) bond motifs is 1. The van der Waals surface area contributed by atoms with E-state index in [1.165, 1.54) is 28.2 Å². The number of benzene rings is 1. The van der Waals surface area contributed by atoms with E-state index < -0.39 is 32.3 Å². The lowest BCUT2D eigenvalue weighted by Gasteiger charge is -2.23. The third-order valence-corrected chi connectivity index (χ3v) is 9.78. The van der Waals surface area contributed by atoms with Crippen molar-refractivity contribution in [2.45, 2.75) is 36.7 Å². The zero-order valence-electron chi connectivity index (χ0n) is 20.1. The molecule has 3 aromatic rings. The van der Waals surface area contributed by atoms with Crippen LogP contribution in [0.3, 0.4) is 0 Å². The summed E-state index contributed by atoms with van der Waals surface area (Å²) < 4.78 is 33.6. The third kappa shape index (κ3) is 4.81. The number of aliphatic hydroxyl groups excluding tert-OH is 1. The molecule has 0 radical (unpaired) electrons. The van der Waals surface area contributed by atoms with Crippen LogP contribution in [0, 0.1) is 0 Å². The quantitative estimate of drug-likeness (QED) is 0.428. The van der Waals surface area contributed by atoms with Gasteiger partial charge in [-0.15, -0.1) is 5.10 Å². The molecule has 2 aliphatic rings. The monoisotopic (exact) mass is 547 g/mol. The Balaban J connectivity index is 1.36. The number of carbonyl (C=O) groups excluding carboxylic acids is 1. The number of halogens is 1. The van der Waals surface area contributed by atoms with Crippen molar-refractivity contribution in [3.8, 4) is 5.88 Å². The number of carbonyl (C=O) groups is 1. The fourth-order valence-electron chi connectivity index (χ4n) is 4.48. The molecule has 1 atom stereocenters. The average molecular weight is 548 g/mol. The van der Waals surface area contributed by atoms with Gasteiger partial charge in [0.2, 0.25) is 10.0 Å². The van der Waals surface area contributed by atoms with Crippen molar-refractivity contribution in [1.82, 2.24) is 24.4 Å². The van der Waals surface area contributed by atoms with Crippen LogP contribution in [0.4, 0.5) is 0 Å². The molecule has 1 amide bonds. The van der Waals surface area contributed by atoms with Gasteiger partial charge in [-0.1, -0.05) is 23.7 Å². The van der Waals surface area contributed by atoms with Gasteiger partial charge in [0.25, 0.3) is 17.3 Å². The first-order valence-electron chi connectivity index (χ1n) is 11.8. The Hall–Kier alpha value is -3.06. The normalized spacial score (nSPS) is 19.2. The molecule has 0 spiro atoms. The van der Waals surface area contributed by atoms with Gasteiger partial charge in [-0.3, -0.25) is 9.59 Å². The van der Waals surface area contributed by atoms with E-state index in [9.17, 15) is 23.1 Å². The molecule has 2 aromatic heterocycles. The zero-order chi connectivity index (χ0) is 26.4. The minimum Gasteiger partial charge on any atom is -0.473 e. The van der Waals surface area contributed by atoms with E-state index in [0.717, 1.165) is 5.56 Å². The van der Waals surface area contributed by atoms with Gasteiger partial charge in [-0.25, -0.2) is 8.42 Å². The first-order chi connectivity index (χ1) is 17.6. The van der Waals surface area contributed by atoms with Crippen molar-refractivity contribution in [2.24, 2.45) is 7.05 Å². The molecular formula is C24H26ClN5O6S. The summed E-state index contributed by atoms with van der Waals surface area (Å²) in [7, 11) is -2.19. The number of rotatable bonds is 8. The van der Waals surface area contributed by atoms with Crippen molar-refractivity contribution in [3.05, 3.63) is 63.0 Å². The fraction of sp³-hybridized carbons (Fsp3) is 0.417. The van der Waals surface area contributed by atoms with Crippen molar-refractivity contribution in [3.63, 3.8) is 0 Å². The smallest absolute Gasteiger partial charge is 0.263 e. The van der Waals surface area contributed by atoms with Crippen LogP contribution < -0.4 is 15.6 Å². The highest BCUT2D eigenvalue weighted by molar-refractivity contribution is 7.90. The summed E-state index contributed by atoms with van der Waals surface area (Å²) in [5.41, 5.74) is 0.499. The number of hydrogen-bond donors (Lipinski definition) is 2. The number of aliphatic hydroxyl groups is 1. The number of nitrogens with one attached hydrogen (secondary N) is 1. The lowest BCUT2D eigenvalue weighted by molar-refractivity contribution is 0.0949. The van der Waals surface area contributed by atoms with Crippen LogP contribution in [-0.4, -0.2) is 69.0 Å². The van der Waals surface area contributed by atoms with Gasteiger partial charge >= 0.3 is 0 Å². The molecular weight excluding hydrogens is 522 g/mol. The molecule has 0 bridgehead atoms. The summed E-state index contributed by atoms with van der Waals surface area (Å²) in [6.45, 7) is 0.407. The Morgan fingerprint density at radius 3 is 2.68 bits per heavy atom. The summed E-state index contributed by atoms with van der Waals surface area (Å²) >= 11 is 5.89. The van der Waals surface area contributed by atoms with E-state index >= 15 is 0 Å². The van der Waals surface area contributed by atoms with Crippen LogP contribution in [0.1, 0.15) is 35.2 Å². The molecule has 11 nitrogen and oxygen atoms in total. The number of aryl methyl sites for hydroxylation is 1. The fourth-order valence-corrected chi connectivity index (χ4v) is 6.69. The maximum Gasteiger partial charge on any atom is 0.263 e. The van der Waals surface area contributed by atoms with Crippen LogP contribution in [0.15, 0.2) is 41.3 Å². The van der Waals surface area contributed by atoms with Crippen molar-refractivity contribution >= 4 is 38.4 Å². The lowest BCUT2D eigenvalue weighted by Crippen LogP contribution is -2.42. The number of β-amino-alcohol motifs (C(OH)–C–C–N with tert-alkyl or cyclic N) is 1. The van der Waals surface area contributed by atoms with Gasteiger partial charge in [-0.2, -0.15) is 9.40 Å². The highest BCUT2D eigenvalue weighted by atomic mass is 35.5. The molecule has 2 fully saturated rings. The average Bonchev–Trinajstić information content (AvgIpc) is 3.56. The minimum absolute atomic E-state index is 0.00755. The molecule has 2 N–H and O–H groups in total. The van der Waals surface area contributed by atoms with Crippen LogP contribution in [0.2, 0.25) is 5.02 Å². The predicted molar refractivity (Wildman–Crippen MR) is 136 cm³/mol. The molecule has 5 rings (SSSR count). The van der Waals surface area contributed by atoms with Gasteiger partial charge in [0.1, 0.15) is 22.4 Å². The zero-order valence-corrected chi connectivity index (χ0v) is 21.6. The Labute approximate surface area is 218 Å². The molecule has 1 aromatic carbocycles. The summed E-state index contributed by atoms with van der Waals surface area (Å²) in [4.78, 5) is 25.9. The summed E-state index contributed by atoms with van der Waals surface area (Å²) in [6, 6.07) is 8.40. The number of aromatic nitrogens is 3. The molecule has 13 heteroatoms. The second kappa shape index (κ2) is 9.67. The number of amides is 1. The van der Waals surface area contributed by atoms with Crippen molar-refractivity contribution < 1.29 is 23.1 Å². The van der Waals surface area contributed by atoms with E-state index in [-0.39, 0.29) is 37.7 Å². The second-order valence-corrected chi connectivity index (χ2v) is 12.2. The SMILES string of the molecule is Cn1c(=O)c(C(=O)NCc2ccc(Cl)cc2)cc2cnnc(OCC3(S(=O)(=O)N4CCC(O)C4)CC3)c21. The van der Waals surface area contributed by atoms with E-state index in [4.69, 9.17) is 16.3 Å². The largest absolute Gasteiger partial charge is 0.473 e.